The van der Waals surface area contributed by atoms with Crippen molar-refractivity contribution in [3.63, 3.8) is 0 Å². The highest BCUT2D eigenvalue weighted by atomic mass is 32.1. The average molecular weight is 225 g/mol. The molecule has 1 N–H and O–H groups in total. The minimum absolute atomic E-state index is 0.0246. The van der Waals surface area contributed by atoms with Crippen molar-refractivity contribution in [1.29, 1.82) is 0 Å². The summed E-state index contributed by atoms with van der Waals surface area (Å²) in [6.07, 6.45) is -0.402. The molecule has 0 aliphatic rings. The lowest BCUT2D eigenvalue weighted by Gasteiger charge is -2.11. The largest absolute Gasteiger partial charge is 0.445 e. The summed E-state index contributed by atoms with van der Waals surface area (Å²) >= 11 is 4.06. The predicted octanol–water partition coefficient (Wildman–Crippen LogP) is 2.23. The van der Waals surface area contributed by atoms with Crippen LogP contribution in [0.15, 0.2) is 30.3 Å². The van der Waals surface area contributed by atoms with E-state index >= 15 is 0 Å². The zero-order valence-corrected chi connectivity index (χ0v) is 9.54. The molecule has 1 atom stereocenters. The molecule has 0 aliphatic carbocycles. The fourth-order valence-corrected chi connectivity index (χ4v) is 1.10. The zero-order chi connectivity index (χ0) is 11.1. The van der Waals surface area contributed by atoms with Crippen molar-refractivity contribution >= 4 is 18.7 Å². The van der Waals surface area contributed by atoms with E-state index in [2.05, 4.69) is 17.9 Å². The topological polar surface area (TPSA) is 38.3 Å². The molecular weight excluding hydrogens is 210 g/mol. The van der Waals surface area contributed by atoms with E-state index in [0.29, 0.717) is 12.4 Å². The number of hydrogen-bond acceptors (Lipinski definition) is 3. The van der Waals surface area contributed by atoms with Crippen LogP contribution in [0.5, 0.6) is 0 Å². The van der Waals surface area contributed by atoms with Crippen LogP contribution in [-0.2, 0) is 11.3 Å². The Balaban J connectivity index is 2.29. The molecule has 15 heavy (non-hydrogen) atoms. The summed E-state index contributed by atoms with van der Waals surface area (Å²) in [5, 5.41) is 2.66. The van der Waals surface area contributed by atoms with Gasteiger partial charge in [-0.1, -0.05) is 30.3 Å². The molecule has 1 aromatic carbocycles. The number of nitrogens with one attached hydrogen (secondary N) is 1. The Bertz CT molecular complexity index is 303. The average Bonchev–Trinajstić information content (AvgIpc) is 2.27. The van der Waals surface area contributed by atoms with Gasteiger partial charge < -0.3 is 10.1 Å². The number of rotatable bonds is 4. The van der Waals surface area contributed by atoms with Crippen molar-refractivity contribution in [3.05, 3.63) is 35.9 Å². The second-order valence-corrected chi connectivity index (χ2v) is 3.65. The van der Waals surface area contributed by atoms with Crippen LogP contribution >= 0.6 is 12.6 Å². The van der Waals surface area contributed by atoms with E-state index in [1.807, 2.05) is 37.3 Å². The van der Waals surface area contributed by atoms with E-state index in [-0.39, 0.29) is 6.04 Å². The summed E-state index contributed by atoms with van der Waals surface area (Å²) in [5.74, 6) is 0.598. The second-order valence-electron chi connectivity index (χ2n) is 3.29. The minimum Gasteiger partial charge on any atom is -0.445 e. The standard InChI is InChI=1S/C11H15NO2S/c1-9(8-15)12-11(13)14-7-10-5-3-2-4-6-10/h2-6,9,15H,7-8H2,1H3,(H,12,13)/t9-/m1/s1. The van der Waals surface area contributed by atoms with Crippen molar-refractivity contribution in [2.24, 2.45) is 0 Å². The molecule has 1 aromatic rings. The highest BCUT2D eigenvalue weighted by molar-refractivity contribution is 7.80. The summed E-state index contributed by atoms with van der Waals surface area (Å²) < 4.78 is 5.02. The van der Waals surface area contributed by atoms with Gasteiger partial charge in [-0.3, -0.25) is 0 Å². The smallest absolute Gasteiger partial charge is 0.407 e. The summed E-state index contributed by atoms with van der Waals surface area (Å²) in [6, 6.07) is 9.59. The summed E-state index contributed by atoms with van der Waals surface area (Å²) in [7, 11) is 0. The van der Waals surface area contributed by atoms with Crippen molar-refractivity contribution in [2.75, 3.05) is 5.75 Å². The van der Waals surface area contributed by atoms with Gasteiger partial charge in [0.25, 0.3) is 0 Å². The van der Waals surface area contributed by atoms with Crippen LogP contribution in [0.2, 0.25) is 0 Å². The third-order valence-corrected chi connectivity index (χ3v) is 2.40. The van der Waals surface area contributed by atoms with Gasteiger partial charge in [-0.15, -0.1) is 0 Å². The van der Waals surface area contributed by atoms with Crippen molar-refractivity contribution < 1.29 is 9.53 Å². The molecule has 0 saturated carbocycles. The number of amides is 1. The van der Waals surface area contributed by atoms with E-state index in [0.717, 1.165) is 5.56 Å². The molecule has 0 aliphatic heterocycles. The maximum Gasteiger partial charge on any atom is 0.407 e. The van der Waals surface area contributed by atoms with Crippen LogP contribution in [0.25, 0.3) is 0 Å². The van der Waals surface area contributed by atoms with Gasteiger partial charge in [0.05, 0.1) is 0 Å². The van der Waals surface area contributed by atoms with Gasteiger partial charge in [-0.2, -0.15) is 12.6 Å². The Morgan fingerprint density at radius 1 is 1.47 bits per heavy atom. The quantitative estimate of drug-likeness (QED) is 0.771. The number of hydrogen-bond donors (Lipinski definition) is 2. The second kappa shape index (κ2) is 6.35. The lowest BCUT2D eigenvalue weighted by molar-refractivity contribution is 0.137. The van der Waals surface area contributed by atoms with Crippen LogP contribution in [-0.4, -0.2) is 17.9 Å². The van der Waals surface area contributed by atoms with Gasteiger partial charge in [-0.05, 0) is 12.5 Å². The van der Waals surface area contributed by atoms with Crippen LogP contribution < -0.4 is 5.32 Å². The molecule has 0 saturated heterocycles. The first-order chi connectivity index (χ1) is 7.22. The van der Waals surface area contributed by atoms with Crippen LogP contribution in [0, 0.1) is 0 Å². The SMILES string of the molecule is C[C@H](CS)NC(=O)OCc1ccccc1. The van der Waals surface area contributed by atoms with Gasteiger partial charge in [0.2, 0.25) is 0 Å². The Labute approximate surface area is 95.2 Å². The number of thiol groups is 1. The molecule has 3 nitrogen and oxygen atoms in total. The Kier molecular flexibility index (Phi) is 5.04. The van der Waals surface area contributed by atoms with Gasteiger partial charge in [-0.25, -0.2) is 4.79 Å². The number of ether oxygens (including phenoxy) is 1. The molecule has 0 fully saturated rings. The summed E-state index contributed by atoms with van der Waals surface area (Å²) in [5.41, 5.74) is 0.978. The third-order valence-electron chi connectivity index (χ3n) is 1.85. The molecule has 1 rings (SSSR count). The van der Waals surface area contributed by atoms with Gasteiger partial charge in [0.15, 0.2) is 0 Å². The van der Waals surface area contributed by atoms with Crippen molar-refractivity contribution in [3.8, 4) is 0 Å². The van der Waals surface area contributed by atoms with Gasteiger partial charge >= 0.3 is 6.09 Å². The highest BCUT2D eigenvalue weighted by Gasteiger charge is 2.05. The van der Waals surface area contributed by atoms with E-state index in [4.69, 9.17) is 4.74 Å². The monoisotopic (exact) mass is 225 g/mol. The molecule has 82 valence electrons. The Morgan fingerprint density at radius 3 is 2.73 bits per heavy atom. The first-order valence-corrected chi connectivity index (χ1v) is 5.43. The number of carbonyl (C=O) groups is 1. The molecular formula is C11H15NO2S. The minimum atomic E-state index is -0.402. The fraction of sp³-hybridized carbons (Fsp3) is 0.364. The van der Waals surface area contributed by atoms with E-state index in [9.17, 15) is 4.79 Å². The molecule has 1 amide bonds. The molecule has 0 unspecified atom stereocenters. The molecule has 0 spiro atoms. The first kappa shape index (κ1) is 11.9. The molecule has 0 aromatic heterocycles. The van der Waals surface area contributed by atoms with Gasteiger partial charge in [0.1, 0.15) is 6.61 Å². The lowest BCUT2D eigenvalue weighted by Crippen LogP contribution is -2.34. The number of benzene rings is 1. The summed E-state index contributed by atoms with van der Waals surface area (Å²) in [4.78, 5) is 11.2. The number of alkyl carbamates (subject to hydrolysis) is 1. The van der Waals surface area contributed by atoms with Crippen molar-refractivity contribution in [2.45, 2.75) is 19.6 Å². The Hall–Kier alpha value is -1.16. The normalized spacial score (nSPS) is 11.9. The zero-order valence-electron chi connectivity index (χ0n) is 8.64. The first-order valence-electron chi connectivity index (χ1n) is 4.80. The highest BCUT2D eigenvalue weighted by Crippen LogP contribution is 2.00. The van der Waals surface area contributed by atoms with Crippen LogP contribution in [0.4, 0.5) is 4.79 Å². The Morgan fingerprint density at radius 2 is 2.13 bits per heavy atom. The van der Waals surface area contributed by atoms with Gasteiger partial charge in [0, 0.05) is 11.8 Å². The van der Waals surface area contributed by atoms with E-state index < -0.39 is 6.09 Å². The van der Waals surface area contributed by atoms with E-state index in [1.54, 1.807) is 0 Å². The molecule has 0 heterocycles. The maximum absolute atomic E-state index is 11.2. The van der Waals surface area contributed by atoms with Crippen LogP contribution in [0.3, 0.4) is 0 Å². The lowest BCUT2D eigenvalue weighted by atomic mass is 10.2. The number of carbonyl (C=O) groups excluding carboxylic acids is 1. The van der Waals surface area contributed by atoms with Crippen LogP contribution in [0.1, 0.15) is 12.5 Å². The summed E-state index contributed by atoms with van der Waals surface area (Å²) in [6.45, 7) is 2.17. The van der Waals surface area contributed by atoms with E-state index in [1.165, 1.54) is 0 Å². The van der Waals surface area contributed by atoms with Crippen molar-refractivity contribution in [1.82, 2.24) is 5.32 Å². The molecule has 4 heteroatoms. The predicted molar refractivity (Wildman–Crippen MR) is 63.1 cm³/mol. The fourth-order valence-electron chi connectivity index (χ4n) is 1.01. The maximum atomic E-state index is 11.2. The molecule has 0 bridgehead atoms. The molecule has 0 radical (unpaired) electrons. The third kappa shape index (κ3) is 4.74.